The van der Waals surface area contributed by atoms with E-state index in [1.54, 1.807) is 19.1 Å². The summed E-state index contributed by atoms with van der Waals surface area (Å²) in [5.74, 6) is 5.32. The molecule has 0 bridgehead atoms. The molecular weight excluding hydrogens is 257 g/mol. The van der Waals surface area contributed by atoms with E-state index in [0.717, 1.165) is 5.56 Å². The summed E-state index contributed by atoms with van der Waals surface area (Å²) in [6, 6.07) is 5.47. The van der Waals surface area contributed by atoms with Gasteiger partial charge in [0.05, 0.1) is 6.54 Å². The van der Waals surface area contributed by atoms with Crippen LogP contribution in [-0.2, 0) is 0 Å². The van der Waals surface area contributed by atoms with Crippen LogP contribution in [0.1, 0.15) is 18.5 Å². The van der Waals surface area contributed by atoms with Gasteiger partial charge in [0.2, 0.25) is 0 Å². The molecule has 1 atom stereocenters. The Morgan fingerprint density at radius 2 is 1.95 bits per heavy atom. The van der Waals surface area contributed by atoms with Crippen molar-refractivity contribution in [2.45, 2.75) is 19.3 Å². The smallest absolute Gasteiger partial charge is 0.406 e. The molecule has 3 nitrogen and oxygen atoms in total. The van der Waals surface area contributed by atoms with Crippen LogP contribution in [0, 0.1) is 11.8 Å². The van der Waals surface area contributed by atoms with Crippen molar-refractivity contribution in [3.63, 3.8) is 0 Å². The molecule has 1 rings (SSSR count). The van der Waals surface area contributed by atoms with E-state index in [4.69, 9.17) is 5.73 Å². The van der Waals surface area contributed by atoms with E-state index in [0.29, 0.717) is 13.1 Å². The second-order valence-corrected chi connectivity index (χ2v) is 3.71. The van der Waals surface area contributed by atoms with Gasteiger partial charge in [-0.3, -0.25) is 5.32 Å². The number of benzene rings is 1. The number of nitrogens with two attached hydrogens (primary N) is 1. The molecular formula is C13H15F3N2O. The third-order valence-corrected chi connectivity index (χ3v) is 2.37. The number of halogens is 3. The lowest BCUT2D eigenvalue weighted by Gasteiger charge is -2.16. The van der Waals surface area contributed by atoms with Crippen molar-refractivity contribution >= 4 is 0 Å². The Labute approximate surface area is 109 Å². The molecule has 0 aliphatic heterocycles. The van der Waals surface area contributed by atoms with E-state index in [-0.39, 0.29) is 11.8 Å². The lowest BCUT2D eigenvalue weighted by molar-refractivity contribution is -0.274. The molecule has 6 heteroatoms. The third kappa shape index (κ3) is 5.64. The van der Waals surface area contributed by atoms with Crippen molar-refractivity contribution in [3.05, 3.63) is 29.8 Å². The Hall–Kier alpha value is -1.71. The summed E-state index contributed by atoms with van der Waals surface area (Å²) in [5.41, 5.74) is 6.39. The quantitative estimate of drug-likeness (QED) is 0.808. The van der Waals surface area contributed by atoms with E-state index < -0.39 is 6.36 Å². The molecule has 19 heavy (non-hydrogen) atoms. The fourth-order valence-corrected chi connectivity index (χ4v) is 1.50. The zero-order chi connectivity index (χ0) is 14.3. The van der Waals surface area contributed by atoms with Crippen LogP contribution in [0.25, 0.3) is 0 Å². The van der Waals surface area contributed by atoms with E-state index in [9.17, 15) is 13.2 Å². The van der Waals surface area contributed by atoms with Crippen LogP contribution in [-0.4, -0.2) is 19.5 Å². The summed E-state index contributed by atoms with van der Waals surface area (Å²) >= 11 is 0. The summed E-state index contributed by atoms with van der Waals surface area (Å²) in [6.07, 6.45) is -4.68. The lowest BCUT2D eigenvalue weighted by atomic mass is 10.1. The van der Waals surface area contributed by atoms with Crippen molar-refractivity contribution in [1.82, 2.24) is 5.32 Å². The fraction of sp³-hybridized carbons (Fsp3) is 0.385. The van der Waals surface area contributed by atoms with Gasteiger partial charge in [0.15, 0.2) is 0 Å². The minimum atomic E-state index is -4.68. The Morgan fingerprint density at radius 1 is 1.32 bits per heavy atom. The molecule has 0 heterocycles. The van der Waals surface area contributed by atoms with Crippen LogP contribution in [0.4, 0.5) is 13.2 Å². The van der Waals surface area contributed by atoms with Gasteiger partial charge < -0.3 is 10.5 Å². The molecule has 1 unspecified atom stereocenters. The van der Waals surface area contributed by atoms with Crippen LogP contribution in [0.2, 0.25) is 0 Å². The van der Waals surface area contributed by atoms with Gasteiger partial charge in [-0.25, -0.2) is 0 Å². The molecule has 0 aliphatic carbocycles. The minimum absolute atomic E-state index is 0.152. The van der Waals surface area contributed by atoms with Gasteiger partial charge in [0.1, 0.15) is 5.75 Å². The first-order valence-corrected chi connectivity index (χ1v) is 5.65. The molecule has 0 saturated heterocycles. The van der Waals surface area contributed by atoms with Gasteiger partial charge >= 0.3 is 6.36 Å². The van der Waals surface area contributed by atoms with Gasteiger partial charge in [0, 0.05) is 12.6 Å². The summed E-state index contributed by atoms with van der Waals surface area (Å²) in [4.78, 5) is 0. The van der Waals surface area contributed by atoms with Crippen molar-refractivity contribution in [3.8, 4) is 17.6 Å². The highest BCUT2D eigenvalue weighted by Gasteiger charge is 2.31. The lowest BCUT2D eigenvalue weighted by Crippen LogP contribution is -2.28. The topological polar surface area (TPSA) is 47.3 Å². The molecule has 0 aromatic heterocycles. The molecule has 0 radical (unpaired) electrons. The third-order valence-electron chi connectivity index (χ3n) is 2.37. The van der Waals surface area contributed by atoms with Gasteiger partial charge in [-0.15, -0.1) is 19.1 Å². The van der Waals surface area contributed by atoms with Gasteiger partial charge in [-0.1, -0.05) is 18.1 Å². The standard InChI is InChI=1S/C13H15F3N2O/c1-2-3-8-18-12(9-17)10-4-6-11(7-5-10)19-13(14,15)16/h4-7,12,18H,8-9,17H2,1H3. The molecule has 0 aliphatic rings. The molecule has 1 aromatic rings. The normalized spacial score (nSPS) is 12.5. The Morgan fingerprint density at radius 3 is 2.42 bits per heavy atom. The summed E-state index contributed by atoms with van der Waals surface area (Å²) in [6.45, 7) is 2.52. The molecule has 1 aromatic carbocycles. The van der Waals surface area contributed by atoms with Gasteiger partial charge in [0.25, 0.3) is 0 Å². The highest BCUT2D eigenvalue weighted by molar-refractivity contribution is 5.29. The number of hydrogen-bond donors (Lipinski definition) is 2. The van der Waals surface area contributed by atoms with Crippen LogP contribution < -0.4 is 15.8 Å². The van der Waals surface area contributed by atoms with E-state index in [1.165, 1.54) is 12.1 Å². The summed E-state index contributed by atoms with van der Waals surface area (Å²) in [7, 11) is 0. The molecule has 3 N–H and O–H groups in total. The van der Waals surface area contributed by atoms with Crippen LogP contribution in [0.5, 0.6) is 5.75 Å². The van der Waals surface area contributed by atoms with Crippen LogP contribution in [0.3, 0.4) is 0 Å². The van der Waals surface area contributed by atoms with Crippen LogP contribution in [0.15, 0.2) is 24.3 Å². The zero-order valence-corrected chi connectivity index (χ0v) is 10.4. The van der Waals surface area contributed by atoms with Crippen molar-refractivity contribution in [1.29, 1.82) is 0 Å². The minimum Gasteiger partial charge on any atom is -0.406 e. The summed E-state index contributed by atoms with van der Waals surface area (Å²) in [5, 5.41) is 3.09. The van der Waals surface area contributed by atoms with Gasteiger partial charge in [-0.2, -0.15) is 0 Å². The second kappa shape index (κ2) is 7.02. The Balaban J connectivity index is 2.69. The average Bonchev–Trinajstić information content (AvgIpc) is 2.34. The fourth-order valence-electron chi connectivity index (χ4n) is 1.50. The van der Waals surface area contributed by atoms with E-state index in [2.05, 4.69) is 21.9 Å². The number of hydrogen-bond acceptors (Lipinski definition) is 3. The predicted molar refractivity (Wildman–Crippen MR) is 66.4 cm³/mol. The van der Waals surface area contributed by atoms with E-state index >= 15 is 0 Å². The molecule has 0 saturated carbocycles. The molecule has 0 spiro atoms. The largest absolute Gasteiger partial charge is 0.573 e. The Bertz CT molecular complexity index is 446. The van der Waals surface area contributed by atoms with Crippen molar-refractivity contribution in [2.75, 3.05) is 13.1 Å². The maximum absolute atomic E-state index is 12.0. The first-order valence-electron chi connectivity index (χ1n) is 5.65. The maximum Gasteiger partial charge on any atom is 0.573 e. The van der Waals surface area contributed by atoms with Crippen molar-refractivity contribution < 1.29 is 17.9 Å². The zero-order valence-electron chi connectivity index (χ0n) is 10.4. The SMILES string of the molecule is CC#CCNC(CN)c1ccc(OC(F)(F)F)cc1. The predicted octanol–water partition coefficient (Wildman–Crippen LogP) is 2.20. The van der Waals surface area contributed by atoms with Crippen LogP contribution >= 0.6 is 0 Å². The van der Waals surface area contributed by atoms with E-state index in [1.807, 2.05) is 0 Å². The number of rotatable bonds is 5. The summed E-state index contributed by atoms with van der Waals surface area (Å²) < 4.78 is 39.8. The maximum atomic E-state index is 12.0. The first kappa shape index (κ1) is 15.3. The highest BCUT2D eigenvalue weighted by Crippen LogP contribution is 2.24. The number of alkyl halides is 3. The molecule has 0 amide bonds. The number of nitrogens with one attached hydrogen (secondary N) is 1. The molecule has 104 valence electrons. The van der Waals surface area contributed by atoms with Gasteiger partial charge in [-0.05, 0) is 24.6 Å². The Kier molecular flexibility index (Phi) is 5.67. The second-order valence-electron chi connectivity index (χ2n) is 3.71. The first-order chi connectivity index (χ1) is 8.96. The monoisotopic (exact) mass is 272 g/mol. The number of ether oxygens (including phenoxy) is 1. The molecule has 0 fully saturated rings. The average molecular weight is 272 g/mol. The highest BCUT2D eigenvalue weighted by atomic mass is 19.4. The van der Waals surface area contributed by atoms with Crippen molar-refractivity contribution in [2.24, 2.45) is 5.73 Å².